The van der Waals surface area contributed by atoms with Gasteiger partial charge in [-0.3, -0.25) is 9.36 Å². The van der Waals surface area contributed by atoms with Gasteiger partial charge in [-0.05, 0) is 55.0 Å². The number of para-hydroxylation sites is 1. The lowest BCUT2D eigenvalue weighted by atomic mass is 10.2. The zero-order valence-electron chi connectivity index (χ0n) is 10.7. The Hall–Kier alpha value is -2.27. The van der Waals surface area contributed by atoms with Crippen LogP contribution in [0.3, 0.4) is 0 Å². The second-order valence-electron chi connectivity index (χ2n) is 4.55. The summed E-state index contributed by atoms with van der Waals surface area (Å²) < 4.78 is 15.0. The second-order valence-corrected chi connectivity index (χ2v) is 4.94. The average molecular weight is 286 g/mol. The van der Waals surface area contributed by atoms with E-state index >= 15 is 0 Å². The molecule has 2 aromatic carbocycles. The molecule has 0 aliphatic rings. The zero-order chi connectivity index (χ0) is 14.3. The number of H-pyrrole nitrogens is 1. The van der Waals surface area contributed by atoms with Gasteiger partial charge in [0.2, 0.25) is 0 Å². The molecule has 1 heterocycles. The highest BCUT2D eigenvalue weighted by Crippen LogP contribution is 2.14. The normalized spacial score (nSPS) is 10.9. The summed E-state index contributed by atoms with van der Waals surface area (Å²) in [7, 11) is 0. The molecule has 3 rings (SSSR count). The average Bonchev–Trinajstić information content (AvgIpc) is 2.43. The summed E-state index contributed by atoms with van der Waals surface area (Å²) in [6.07, 6.45) is 0. The number of rotatable bonds is 1. The van der Waals surface area contributed by atoms with E-state index < -0.39 is 0 Å². The van der Waals surface area contributed by atoms with Crippen molar-refractivity contribution in [3.8, 4) is 5.69 Å². The molecule has 20 heavy (non-hydrogen) atoms. The van der Waals surface area contributed by atoms with Gasteiger partial charge in [0, 0.05) is 0 Å². The number of aromatic amines is 1. The van der Waals surface area contributed by atoms with Gasteiger partial charge in [-0.15, -0.1) is 0 Å². The fourth-order valence-electron chi connectivity index (χ4n) is 2.16. The summed E-state index contributed by atoms with van der Waals surface area (Å²) in [5.41, 5.74) is 1.51. The SMILES string of the molecule is Cc1cc(-n2c(=S)[nH]c3ccccc3c2=O)ccc1F. The minimum absolute atomic E-state index is 0.213. The number of hydrogen-bond donors (Lipinski definition) is 1. The number of aryl methyl sites for hydroxylation is 1. The van der Waals surface area contributed by atoms with E-state index in [0.717, 1.165) is 0 Å². The summed E-state index contributed by atoms with van der Waals surface area (Å²) in [5, 5.41) is 0.545. The van der Waals surface area contributed by atoms with Crippen molar-refractivity contribution >= 4 is 23.1 Å². The van der Waals surface area contributed by atoms with Gasteiger partial charge in [0.1, 0.15) is 5.82 Å². The molecule has 3 nitrogen and oxygen atoms in total. The van der Waals surface area contributed by atoms with Crippen LogP contribution in [0.1, 0.15) is 5.56 Å². The Balaban J connectivity index is 2.39. The Morgan fingerprint density at radius 3 is 2.70 bits per heavy atom. The van der Waals surface area contributed by atoms with Crippen LogP contribution in [0.15, 0.2) is 47.3 Å². The standard InChI is InChI=1S/C15H11FN2OS/c1-9-8-10(6-7-12(9)16)18-14(19)11-4-2-3-5-13(11)17-15(18)20/h2-8H,1H3,(H,17,20). The summed E-state index contributed by atoms with van der Waals surface area (Å²) in [6.45, 7) is 1.65. The molecule has 0 aliphatic carbocycles. The van der Waals surface area contributed by atoms with Crippen LogP contribution >= 0.6 is 12.2 Å². The van der Waals surface area contributed by atoms with E-state index in [1.54, 1.807) is 37.3 Å². The first kappa shape index (κ1) is 12.7. The molecule has 0 spiro atoms. The smallest absolute Gasteiger partial charge is 0.266 e. The van der Waals surface area contributed by atoms with Gasteiger partial charge in [0.05, 0.1) is 16.6 Å². The lowest BCUT2D eigenvalue weighted by Gasteiger charge is -2.09. The number of halogens is 1. The van der Waals surface area contributed by atoms with Gasteiger partial charge in [-0.2, -0.15) is 0 Å². The lowest BCUT2D eigenvalue weighted by Crippen LogP contribution is -2.20. The fourth-order valence-corrected chi connectivity index (χ4v) is 2.46. The van der Waals surface area contributed by atoms with Gasteiger partial charge in [0.15, 0.2) is 4.77 Å². The highest BCUT2D eigenvalue weighted by Gasteiger charge is 2.08. The Bertz CT molecular complexity index is 927. The summed E-state index contributed by atoms with van der Waals surface area (Å²) in [5.74, 6) is -0.308. The number of aromatic nitrogens is 2. The maximum absolute atomic E-state index is 13.3. The topological polar surface area (TPSA) is 37.8 Å². The molecule has 5 heteroatoms. The zero-order valence-corrected chi connectivity index (χ0v) is 11.5. The fraction of sp³-hybridized carbons (Fsp3) is 0.0667. The first-order valence-corrected chi connectivity index (χ1v) is 6.49. The van der Waals surface area contributed by atoms with E-state index in [1.165, 1.54) is 10.6 Å². The molecule has 0 saturated carbocycles. The monoisotopic (exact) mass is 286 g/mol. The Labute approximate surface area is 119 Å². The van der Waals surface area contributed by atoms with Crippen molar-refractivity contribution in [1.82, 2.24) is 9.55 Å². The van der Waals surface area contributed by atoms with Crippen molar-refractivity contribution in [3.05, 3.63) is 69.0 Å². The van der Waals surface area contributed by atoms with Crippen molar-refractivity contribution in [1.29, 1.82) is 0 Å². The summed E-state index contributed by atoms with van der Waals surface area (Å²) in [4.78, 5) is 15.5. The van der Waals surface area contributed by atoms with Gasteiger partial charge < -0.3 is 4.98 Å². The first-order valence-electron chi connectivity index (χ1n) is 6.08. The molecule has 1 N–H and O–H groups in total. The van der Waals surface area contributed by atoms with E-state index in [0.29, 0.717) is 26.9 Å². The molecule has 0 amide bonds. The molecule has 0 atom stereocenters. The van der Waals surface area contributed by atoms with Crippen molar-refractivity contribution in [2.75, 3.05) is 0 Å². The van der Waals surface area contributed by atoms with Crippen LogP contribution in [-0.4, -0.2) is 9.55 Å². The third-order valence-electron chi connectivity index (χ3n) is 3.20. The Morgan fingerprint density at radius 1 is 1.20 bits per heavy atom. The van der Waals surface area contributed by atoms with Crippen LogP contribution in [0, 0.1) is 17.5 Å². The van der Waals surface area contributed by atoms with Crippen molar-refractivity contribution < 1.29 is 4.39 Å². The highest BCUT2D eigenvalue weighted by atomic mass is 32.1. The van der Waals surface area contributed by atoms with Gasteiger partial charge in [-0.1, -0.05) is 12.1 Å². The second kappa shape index (κ2) is 4.68. The largest absolute Gasteiger partial charge is 0.331 e. The predicted octanol–water partition coefficient (Wildman–Crippen LogP) is 3.50. The number of fused-ring (bicyclic) bond motifs is 1. The van der Waals surface area contributed by atoms with Crippen molar-refractivity contribution in [3.63, 3.8) is 0 Å². The number of hydrogen-bond acceptors (Lipinski definition) is 2. The van der Waals surface area contributed by atoms with Gasteiger partial charge in [-0.25, -0.2) is 4.39 Å². The van der Waals surface area contributed by atoms with Crippen molar-refractivity contribution in [2.45, 2.75) is 6.92 Å². The Morgan fingerprint density at radius 2 is 1.95 bits per heavy atom. The number of nitrogens with zero attached hydrogens (tertiary/aromatic N) is 1. The molecule has 0 saturated heterocycles. The number of benzene rings is 2. The van der Waals surface area contributed by atoms with E-state index in [2.05, 4.69) is 4.98 Å². The van der Waals surface area contributed by atoms with E-state index in [9.17, 15) is 9.18 Å². The molecule has 0 aliphatic heterocycles. The molecular weight excluding hydrogens is 275 g/mol. The van der Waals surface area contributed by atoms with Crippen LogP contribution < -0.4 is 5.56 Å². The minimum Gasteiger partial charge on any atom is -0.331 e. The van der Waals surface area contributed by atoms with Crippen molar-refractivity contribution in [2.24, 2.45) is 0 Å². The summed E-state index contributed by atoms with van der Waals surface area (Å²) in [6, 6.07) is 11.6. The third-order valence-corrected chi connectivity index (χ3v) is 3.49. The van der Waals surface area contributed by atoms with E-state index in [1.807, 2.05) is 6.07 Å². The van der Waals surface area contributed by atoms with Crippen LogP contribution in [0.25, 0.3) is 16.6 Å². The quantitative estimate of drug-likeness (QED) is 0.695. The minimum atomic E-state index is -0.308. The lowest BCUT2D eigenvalue weighted by molar-refractivity contribution is 0.618. The Kier molecular flexibility index (Phi) is 2.99. The van der Waals surface area contributed by atoms with Gasteiger partial charge in [0.25, 0.3) is 5.56 Å². The van der Waals surface area contributed by atoms with Crippen LogP contribution in [0.5, 0.6) is 0 Å². The molecule has 0 fully saturated rings. The predicted molar refractivity (Wildman–Crippen MR) is 79.4 cm³/mol. The van der Waals surface area contributed by atoms with E-state index in [-0.39, 0.29) is 11.4 Å². The molecule has 0 radical (unpaired) electrons. The molecular formula is C15H11FN2OS. The highest BCUT2D eigenvalue weighted by molar-refractivity contribution is 7.71. The van der Waals surface area contributed by atoms with E-state index in [4.69, 9.17) is 12.2 Å². The number of nitrogens with one attached hydrogen (secondary N) is 1. The summed E-state index contributed by atoms with van der Waals surface area (Å²) >= 11 is 5.24. The molecule has 3 aromatic rings. The van der Waals surface area contributed by atoms with Gasteiger partial charge >= 0.3 is 0 Å². The molecule has 1 aromatic heterocycles. The van der Waals surface area contributed by atoms with Crippen LogP contribution in [0.2, 0.25) is 0 Å². The molecule has 0 unspecified atom stereocenters. The first-order chi connectivity index (χ1) is 9.58. The maximum atomic E-state index is 13.3. The van der Waals surface area contributed by atoms with Crippen LogP contribution in [-0.2, 0) is 0 Å². The third kappa shape index (κ3) is 1.96. The van der Waals surface area contributed by atoms with Crippen LogP contribution in [0.4, 0.5) is 4.39 Å². The molecule has 0 bridgehead atoms. The molecule has 100 valence electrons. The maximum Gasteiger partial charge on any atom is 0.266 e.